The Balaban J connectivity index is 1.47. The number of β-amino-alcohol motifs (C(OH)–C–C–N with tert-alkyl or cyclic N) is 1. The van der Waals surface area contributed by atoms with E-state index in [0.717, 1.165) is 19.5 Å². The van der Waals surface area contributed by atoms with Crippen molar-refractivity contribution in [1.82, 2.24) is 14.8 Å². The lowest BCUT2D eigenvalue weighted by Gasteiger charge is -2.34. The Morgan fingerprint density at radius 1 is 1.08 bits per heavy atom. The first-order valence-electron chi connectivity index (χ1n) is 8.40. The largest absolute Gasteiger partial charge is 0.390 e. The molecule has 124 valence electrons. The fourth-order valence-corrected chi connectivity index (χ4v) is 3.77. The third-order valence-electron chi connectivity index (χ3n) is 5.10. The maximum absolute atomic E-state index is 12.6. The van der Waals surface area contributed by atoms with Crippen LogP contribution in [0.4, 0.5) is 0 Å². The van der Waals surface area contributed by atoms with E-state index in [1.54, 1.807) is 29.4 Å². The molecule has 5 heteroatoms. The highest BCUT2D eigenvalue weighted by atomic mass is 16.3. The van der Waals surface area contributed by atoms with Gasteiger partial charge in [-0.3, -0.25) is 14.7 Å². The summed E-state index contributed by atoms with van der Waals surface area (Å²) in [5.41, 5.74) is 3.35. The summed E-state index contributed by atoms with van der Waals surface area (Å²) < 4.78 is 0. The number of aromatic nitrogens is 1. The van der Waals surface area contributed by atoms with E-state index in [2.05, 4.69) is 34.1 Å². The third kappa shape index (κ3) is 2.81. The van der Waals surface area contributed by atoms with Crippen LogP contribution in [0.15, 0.2) is 48.8 Å². The lowest BCUT2D eigenvalue weighted by Crippen LogP contribution is -2.45. The number of hydrogen-bond donors (Lipinski definition) is 1. The first kappa shape index (κ1) is 15.3. The molecule has 0 radical (unpaired) electrons. The highest BCUT2D eigenvalue weighted by Crippen LogP contribution is 2.25. The minimum atomic E-state index is -0.499. The number of likely N-dealkylation sites (tertiary alicyclic amines) is 1. The quantitative estimate of drug-likeness (QED) is 0.906. The highest BCUT2D eigenvalue weighted by molar-refractivity contribution is 5.94. The molecular weight excluding hydrogens is 302 g/mol. The van der Waals surface area contributed by atoms with Gasteiger partial charge >= 0.3 is 0 Å². The van der Waals surface area contributed by atoms with Gasteiger partial charge in [-0.1, -0.05) is 24.3 Å². The second-order valence-electron chi connectivity index (χ2n) is 6.57. The van der Waals surface area contributed by atoms with Crippen LogP contribution in [0.3, 0.4) is 0 Å². The molecule has 5 nitrogen and oxygen atoms in total. The summed E-state index contributed by atoms with van der Waals surface area (Å²) in [7, 11) is 0. The van der Waals surface area contributed by atoms with Crippen LogP contribution >= 0.6 is 0 Å². The monoisotopic (exact) mass is 323 g/mol. The maximum atomic E-state index is 12.6. The molecule has 1 amide bonds. The molecule has 0 unspecified atom stereocenters. The van der Waals surface area contributed by atoms with E-state index in [-0.39, 0.29) is 11.9 Å². The summed E-state index contributed by atoms with van der Waals surface area (Å²) in [6.07, 6.45) is 3.75. The number of aliphatic hydroxyl groups excluding tert-OH is 1. The zero-order valence-corrected chi connectivity index (χ0v) is 13.5. The highest BCUT2D eigenvalue weighted by Gasteiger charge is 2.38. The molecule has 0 bridgehead atoms. The molecule has 0 aliphatic carbocycles. The van der Waals surface area contributed by atoms with Gasteiger partial charge in [0.15, 0.2) is 0 Å². The van der Waals surface area contributed by atoms with Gasteiger partial charge in [-0.05, 0) is 29.7 Å². The van der Waals surface area contributed by atoms with Crippen LogP contribution < -0.4 is 0 Å². The Morgan fingerprint density at radius 3 is 2.62 bits per heavy atom. The SMILES string of the molecule is O=C(c1ccncc1)N1C[C@@H](O)[C@H](N2CCc3ccccc3C2)C1. The Kier molecular flexibility index (Phi) is 4.04. The van der Waals surface area contributed by atoms with Crippen LogP contribution in [0, 0.1) is 0 Å². The average Bonchev–Trinajstić information content (AvgIpc) is 3.03. The van der Waals surface area contributed by atoms with Crippen molar-refractivity contribution in [2.75, 3.05) is 19.6 Å². The zero-order chi connectivity index (χ0) is 16.5. The number of rotatable bonds is 2. The smallest absolute Gasteiger partial charge is 0.254 e. The van der Waals surface area contributed by atoms with Gasteiger partial charge in [0.1, 0.15) is 0 Å². The Labute approximate surface area is 141 Å². The molecular formula is C19H21N3O2. The summed E-state index contributed by atoms with van der Waals surface area (Å²) in [5.74, 6) is -0.0311. The number of benzene rings is 1. The molecule has 1 aromatic heterocycles. The lowest BCUT2D eigenvalue weighted by molar-refractivity contribution is 0.0735. The van der Waals surface area contributed by atoms with Crippen molar-refractivity contribution in [2.45, 2.75) is 25.1 Å². The number of amides is 1. The normalized spacial score (nSPS) is 24.0. The molecule has 4 rings (SSSR count). The van der Waals surface area contributed by atoms with E-state index in [9.17, 15) is 9.90 Å². The fraction of sp³-hybridized carbons (Fsp3) is 0.368. The van der Waals surface area contributed by atoms with E-state index >= 15 is 0 Å². The van der Waals surface area contributed by atoms with E-state index in [1.807, 2.05) is 0 Å². The van der Waals surface area contributed by atoms with E-state index in [4.69, 9.17) is 0 Å². The predicted molar refractivity (Wildman–Crippen MR) is 90.5 cm³/mol. The lowest BCUT2D eigenvalue weighted by atomic mass is 9.98. The molecule has 2 aliphatic rings. The van der Waals surface area contributed by atoms with Gasteiger partial charge in [0.25, 0.3) is 5.91 Å². The Morgan fingerprint density at radius 2 is 1.83 bits per heavy atom. The van der Waals surface area contributed by atoms with Crippen molar-refractivity contribution in [3.63, 3.8) is 0 Å². The van der Waals surface area contributed by atoms with E-state index in [1.165, 1.54) is 11.1 Å². The predicted octanol–water partition coefficient (Wildman–Crippen LogP) is 1.33. The average molecular weight is 323 g/mol. The van der Waals surface area contributed by atoms with Crippen molar-refractivity contribution < 1.29 is 9.90 Å². The topological polar surface area (TPSA) is 56.7 Å². The summed E-state index contributed by atoms with van der Waals surface area (Å²) in [5, 5.41) is 10.5. The van der Waals surface area contributed by atoms with Crippen LogP contribution in [0.2, 0.25) is 0 Å². The molecule has 0 saturated carbocycles. The summed E-state index contributed by atoms with van der Waals surface area (Å²) in [4.78, 5) is 20.6. The molecule has 1 saturated heterocycles. The number of carbonyl (C=O) groups excluding carboxylic acids is 1. The molecule has 2 aromatic rings. The van der Waals surface area contributed by atoms with Crippen molar-refractivity contribution in [2.24, 2.45) is 0 Å². The molecule has 1 fully saturated rings. The van der Waals surface area contributed by atoms with Crippen molar-refractivity contribution in [3.05, 3.63) is 65.5 Å². The summed E-state index contributed by atoms with van der Waals surface area (Å²) in [6.45, 7) is 2.74. The second-order valence-corrected chi connectivity index (χ2v) is 6.57. The molecule has 2 atom stereocenters. The van der Waals surface area contributed by atoms with Crippen LogP contribution in [-0.2, 0) is 13.0 Å². The fourth-order valence-electron chi connectivity index (χ4n) is 3.77. The molecule has 1 N–H and O–H groups in total. The first-order chi connectivity index (χ1) is 11.7. The van der Waals surface area contributed by atoms with Crippen LogP contribution in [0.1, 0.15) is 21.5 Å². The van der Waals surface area contributed by atoms with Crippen molar-refractivity contribution in [1.29, 1.82) is 0 Å². The van der Waals surface area contributed by atoms with Gasteiger partial charge in [-0.15, -0.1) is 0 Å². The minimum absolute atomic E-state index is 0.00384. The number of carbonyl (C=O) groups is 1. The van der Waals surface area contributed by atoms with Gasteiger partial charge in [0.2, 0.25) is 0 Å². The molecule has 2 aliphatic heterocycles. The van der Waals surface area contributed by atoms with Crippen molar-refractivity contribution in [3.8, 4) is 0 Å². The van der Waals surface area contributed by atoms with Gasteiger partial charge < -0.3 is 10.0 Å². The number of aliphatic hydroxyl groups is 1. The molecule has 24 heavy (non-hydrogen) atoms. The summed E-state index contributed by atoms with van der Waals surface area (Å²) in [6, 6.07) is 11.9. The Hall–Kier alpha value is -2.24. The number of hydrogen-bond acceptors (Lipinski definition) is 4. The minimum Gasteiger partial charge on any atom is -0.390 e. The maximum Gasteiger partial charge on any atom is 0.254 e. The number of nitrogens with zero attached hydrogens (tertiary/aromatic N) is 3. The second kappa shape index (κ2) is 6.34. The molecule has 3 heterocycles. The third-order valence-corrected chi connectivity index (χ3v) is 5.10. The summed E-state index contributed by atoms with van der Waals surface area (Å²) >= 11 is 0. The van der Waals surface area contributed by atoms with E-state index < -0.39 is 6.10 Å². The number of pyridine rings is 1. The van der Waals surface area contributed by atoms with Crippen LogP contribution in [0.25, 0.3) is 0 Å². The van der Waals surface area contributed by atoms with Crippen molar-refractivity contribution >= 4 is 5.91 Å². The van der Waals surface area contributed by atoms with E-state index in [0.29, 0.717) is 18.7 Å². The van der Waals surface area contributed by atoms with Crippen LogP contribution in [0.5, 0.6) is 0 Å². The van der Waals surface area contributed by atoms with Gasteiger partial charge in [0.05, 0.1) is 12.1 Å². The zero-order valence-electron chi connectivity index (χ0n) is 13.5. The standard InChI is InChI=1S/C19H21N3O2/c23-18-13-22(19(24)15-5-8-20-9-6-15)12-17(18)21-10-7-14-3-1-2-4-16(14)11-21/h1-6,8-9,17-18,23H,7,10-13H2/t17-,18-/m1/s1. The first-order valence-corrected chi connectivity index (χ1v) is 8.40. The number of fused-ring (bicyclic) bond motifs is 1. The molecule has 0 spiro atoms. The van der Waals surface area contributed by atoms with Gasteiger partial charge in [-0.25, -0.2) is 0 Å². The Bertz CT molecular complexity index is 734. The van der Waals surface area contributed by atoms with Gasteiger partial charge in [0, 0.05) is 44.1 Å². The molecule has 1 aromatic carbocycles. The van der Waals surface area contributed by atoms with Crippen LogP contribution in [-0.4, -0.2) is 57.6 Å². The van der Waals surface area contributed by atoms with Gasteiger partial charge in [-0.2, -0.15) is 0 Å².